The number of carbonyl (C=O) groups is 1. The monoisotopic (exact) mass is 288 g/mol. The van der Waals surface area contributed by atoms with Crippen LogP contribution in [0.5, 0.6) is 0 Å². The first-order valence-corrected chi connectivity index (χ1v) is 6.48. The van der Waals surface area contributed by atoms with E-state index in [0.29, 0.717) is 23.4 Å². The topological polar surface area (TPSA) is 66.6 Å². The number of nitrogen functional groups attached to an aromatic ring is 1. The Morgan fingerprint density at radius 3 is 2.62 bits per heavy atom. The number of nitrogens with two attached hydrogens (primary N) is 1. The lowest BCUT2D eigenvalue weighted by atomic mass is 10.1. The van der Waals surface area contributed by atoms with Gasteiger partial charge in [0.1, 0.15) is 5.82 Å². The molecule has 0 spiro atoms. The van der Waals surface area contributed by atoms with Crippen molar-refractivity contribution in [1.82, 2.24) is 0 Å². The summed E-state index contributed by atoms with van der Waals surface area (Å²) in [6, 6.07) is 9.81. The minimum absolute atomic E-state index is 0.0605. The Balaban J connectivity index is 2.34. The van der Waals surface area contributed by atoms with Crippen LogP contribution in [0, 0.1) is 12.7 Å². The predicted octanol–water partition coefficient (Wildman–Crippen LogP) is 3.05. The van der Waals surface area contributed by atoms with Gasteiger partial charge in [0.15, 0.2) is 0 Å². The molecular formula is C16H17FN2O2. The molecule has 0 saturated heterocycles. The molecular weight excluding hydrogens is 271 g/mol. The van der Waals surface area contributed by atoms with Crippen LogP contribution in [0.15, 0.2) is 36.4 Å². The first kappa shape index (κ1) is 14.8. The van der Waals surface area contributed by atoms with Crippen LogP contribution < -0.4 is 10.6 Å². The second kappa shape index (κ2) is 5.83. The summed E-state index contributed by atoms with van der Waals surface area (Å²) in [5, 5.41) is 9.17. The highest BCUT2D eigenvalue weighted by Gasteiger charge is 2.14. The number of rotatable bonds is 4. The molecule has 21 heavy (non-hydrogen) atoms. The molecule has 0 atom stereocenters. The quantitative estimate of drug-likeness (QED) is 0.849. The first-order chi connectivity index (χ1) is 9.90. The summed E-state index contributed by atoms with van der Waals surface area (Å²) in [6.07, 6.45) is 0. The molecule has 0 fully saturated rings. The van der Waals surface area contributed by atoms with Crippen LogP contribution in [-0.2, 0) is 6.54 Å². The lowest BCUT2D eigenvalue weighted by Gasteiger charge is -2.21. The molecule has 3 N–H and O–H groups in total. The maximum absolute atomic E-state index is 13.7. The van der Waals surface area contributed by atoms with E-state index in [0.717, 1.165) is 0 Å². The van der Waals surface area contributed by atoms with Crippen molar-refractivity contribution in [3.63, 3.8) is 0 Å². The first-order valence-electron chi connectivity index (χ1n) is 6.48. The molecule has 0 aliphatic rings. The number of nitrogens with zero attached hydrogens (tertiary/aromatic N) is 1. The van der Waals surface area contributed by atoms with E-state index in [2.05, 4.69) is 0 Å². The Hall–Kier alpha value is -2.56. The smallest absolute Gasteiger partial charge is 0.337 e. The summed E-state index contributed by atoms with van der Waals surface area (Å²) in [5.41, 5.74) is 8.00. The largest absolute Gasteiger partial charge is 0.478 e. The standard InChI is InChI=1S/C16H17FN2O2/c1-10-7-12(8-13(15(10)18)16(20)21)19(2)9-11-5-3-4-6-14(11)17/h3-8H,9,18H2,1-2H3,(H,20,21). The zero-order valence-electron chi connectivity index (χ0n) is 11.9. The molecule has 0 unspecified atom stereocenters. The molecule has 0 amide bonds. The SMILES string of the molecule is Cc1cc(N(C)Cc2ccccc2F)cc(C(=O)O)c1N. The van der Waals surface area contributed by atoms with Gasteiger partial charge < -0.3 is 15.7 Å². The van der Waals surface area contributed by atoms with Crippen molar-refractivity contribution >= 4 is 17.3 Å². The number of carboxylic acid groups (broad SMARTS) is 1. The second-order valence-corrected chi connectivity index (χ2v) is 4.98. The van der Waals surface area contributed by atoms with Crippen LogP contribution in [0.25, 0.3) is 0 Å². The van der Waals surface area contributed by atoms with Gasteiger partial charge in [-0.2, -0.15) is 0 Å². The van der Waals surface area contributed by atoms with E-state index >= 15 is 0 Å². The van der Waals surface area contributed by atoms with Crippen LogP contribution in [0.1, 0.15) is 21.5 Å². The molecule has 4 nitrogen and oxygen atoms in total. The van der Waals surface area contributed by atoms with Crippen molar-refractivity contribution in [2.75, 3.05) is 17.7 Å². The van der Waals surface area contributed by atoms with Gasteiger partial charge in [0.25, 0.3) is 0 Å². The van der Waals surface area contributed by atoms with Crippen LogP contribution in [0.4, 0.5) is 15.8 Å². The van der Waals surface area contributed by atoms with E-state index < -0.39 is 5.97 Å². The fourth-order valence-corrected chi connectivity index (χ4v) is 2.15. The summed E-state index contributed by atoms with van der Waals surface area (Å²) in [6.45, 7) is 2.09. The number of hydrogen-bond acceptors (Lipinski definition) is 3. The molecule has 0 heterocycles. The van der Waals surface area contributed by atoms with Crippen molar-refractivity contribution in [1.29, 1.82) is 0 Å². The molecule has 0 bridgehead atoms. The van der Waals surface area contributed by atoms with Gasteiger partial charge in [-0.3, -0.25) is 0 Å². The molecule has 0 aromatic heterocycles. The molecule has 2 rings (SSSR count). The van der Waals surface area contributed by atoms with E-state index in [1.807, 2.05) is 0 Å². The third kappa shape index (κ3) is 3.13. The van der Waals surface area contributed by atoms with Crippen LogP contribution >= 0.6 is 0 Å². The van der Waals surface area contributed by atoms with Gasteiger partial charge >= 0.3 is 5.97 Å². The summed E-state index contributed by atoms with van der Waals surface area (Å²) in [4.78, 5) is 13.0. The van der Waals surface area contributed by atoms with Crippen LogP contribution in [0.3, 0.4) is 0 Å². The van der Waals surface area contributed by atoms with Crippen LogP contribution in [-0.4, -0.2) is 18.1 Å². The summed E-state index contributed by atoms with van der Waals surface area (Å²) in [5.74, 6) is -1.35. The fourth-order valence-electron chi connectivity index (χ4n) is 2.15. The highest BCUT2D eigenvalue weighted by atomic mass is 19.1. The third-order valence-corrected chi connectivity index (χ3v) is 3.41. The van der Waals surface area contributed by atoms with E-state index in [9.17, 15) is 14.3 Å². The van der Waals surface area contributed by atoms with Gasteiger partial charge in [0, 0.05) is 30.5 Å². The van der Waals surface area contributed by atoms with Gasteiger partial charge in [-0.25, -0.2) is 9.18 Å². The second-order valence-electron chi connectivity index (χ2n) is 4.98. The van der Waals surface area contributed by atoms with Crippen molar-refractivity contribution in [2.24, 2.45) is 0 Å². The molecule has 110 valence electrons. The average Bonchev–Trinajstić information content (AvgIpc) is 2.43. The number of halogens is 1. The zero-order valence-corrected chi connectivity index (χ0v) is 11.9. The average molecular weight is 288 g/mol. The lowest BCUT2D eigenvalue weighted by molar-refractivity contribution is 0.0698. The maximum atomic E-state index is 13.7. The van der Waals surface area contributed by atoms with E-state index in [-0.39, 0.29) is 17.1 Å². The normalized spacial score (nSPS) is 10.4. The molecule has 0 aliphatic heterocycles. The van der Waals surface area contributed by atoms with Gasteiger partial charge in [0.2, 0.25) is 0 Å². The molecule has 5 heteroatoms. The Bertz CT molecular complexity index is 686. The molecule has 2 aromatic carbocycles. The number of benzene rings is 2. The van der Waals surface area contributed by atoms with Crippen molar-refractivity contribution in [2.45, 2.75) is 13.5 Å². The lowest BCUT2D eigenvalue weighted by Crippen LogP contribution is -2.18. The molecule has 0 saturated carbocycles. The number of anilines is 2. The number of hydrogen-bond donors (Lipinski definition) is 2. The molecule has 0 aliphatic carbocycles. The minimum Gasteiger partial charge on any atom is -0.478 e. The zero-order chi connectivity index (χ0) is 15.6. The van der Waals surface area contributed by atoms with Crippen molar-refractivity contribution in [3.05, 3.63) is 58.9 Å². The minimum atomic E-state index is -1.07. The van der Waals surface area contributed by atoms with Crippen molar-refractivity contribution in [3.8, 4) is 0 Å². The van der Waals surface area contributed by atoms with Gasteiger partial charge in [-0.05, 0) is 30.7 Å². The Labute approximate surface area is 122 Å². The highest BCUT2D eigenvalue weighted by Crippen LogP contribution is 2.26. The van der Waals surface area contributed by atoms with Gasteiger partial charge in [-0.15, -0.1) is 0 Å². The van der Waals surface area contributed by atoms with Crippen molar-refractivity contribution < 1.29 is 14.3 Å². The fraction of sp³-hybridized carbons (Fsp3) is 0.188. The number of aryl methyl sites for hydroxylation is 1. The summed E-state index contributed by atoms with van der Waals surface area (Å²) >= 11 is 0. The summed E-state index contributed by atoms with van der Waals surface area (Å²) in [7, 11) is 1.78. The Morgan fingerprint density at radius 2 is 2.00 bits per heavy atom. The van der Waals surface area contributed by atoms with Gasteiger partial charge in [-0.1, -0.05) is 18.2 Å². The maximum Gasteiger partial charge on any atom is 0.337 e. The third-order valence-electron chi connectivity index (χ3n) is 3.41. The Kier molecular flexibility index (Phi) is 4.12. The Morgan fingerprint density at radius 1 is 1.33 bits per heavy atom. The predicted molar refractivity (Wildman–Crippen MR) is 81.1 cm³/mol. The van der Waals surface area contributed by atoms with E-state index in [1.54, 1.807) is 43.1 Å². The number of aromatic carboxylic acids is 1. The van der Waals surface area contributed by atoms with Gasteiger partial charge in [0.05, 0.1) is 5.56 Å². The molecule has 2 aromatic rings. The van der Waals surface area contributed by atoms with E-state index in [4.69, 9.17) is 5.73 Å². The molecule has 0 radical (unpaired) electrons. The highest BCUT2D eigenvalue weighted by molar-refractivity contribution is 5.95. The summed E-state index contributed by atoms with van der Waals surface area (Å²) < 4.78 is 13.7. The van der Waals surface area contributed by atoms with Crippen LogP contribution in [0.2, 0.25) is 0 Å². The number of carboxylic acids is 1. The van der Waals surface area contributed by atoms with E-state index in [1.165, 1.54) is 12.1 Å².